The first-order chi connectivity index (χ1) is 12.7. The Kier molecular flexibility index (Phi) is 4.35. The Balaban J connectivity index is 1.53. The molecule has 0 spiro atoms. The molecule has 4 rings (SSSR count). The van der Waals surface area contributed by atoms with Crippen LogP contribution in [0.15, 0.2) is 48.5 Å². The van der Waals surface area contributed by atoms with Crippen molar-refractivity contribution < 1.29 is 9.90 Å². The molecule has 0 aliphatic carbocycles. The molecule has 1 aromatic carbocycles. The summed E-state index contributed by atoms with van der Waals surface area (Å²) in [6, 6.07) is 15.0. The number of aromatic nitrogens is 4. The highest BCUT2D eigenvalue weighted by molar-refractivity contribution is 5.85. The summed E-state index contributed by atoms with van der Waals surface area (Å²) in [5.41, 5.74) is 1.05. The molecule has 1 atom stereocenters. The van der Waals surface area contributed by atoms with Crippen LogP contribution in [0.4, 0.5) is 5.82 Å². The van der Waals surface area contributed by atoms with Gasteiger partial charge in [-0.15, -0.1) is 0 Å². The first-order valence-electron chi connectivity index (χ1n) is 8.64. The second-order valence-corrected chi connectivity index (χ2v) is 6.38. The smallest absolute Gasteiger partial charge is 0.354 e. The number of H-pyrrole nitrogens is 1. The maximum atomic E-state index is 11.2. The molecule has 1 fully saturated rings. The summed E-state index contributed by atoms with van der Waals surface area (Å²) < 4.78 is 0. The van der Waals surface area contributed by atoms with Crippen LogP contribution in [-0.2, 0) is 0 Å². The molecule has 2 N–H and O–H groups in total. The molecule has 3 heterocycles. The van der Waals surface area contributed by atoms with Gasteiger partial charge in [0.1, 0.15) is 11.6 Å². The number of aromatic amines is 1. The second kappa shape index (κ2) is 6.95. The van der Waals surface area contributed by atoms with Gasteiger partial charge in [0.25, 0.3) is 0 Å². The van der Waals surface area contributed by atoms with Gasteiger partial charge in [0.2, 0.25) is 0 Å². The molecular formula is C19H19N5O2. The van der Waals surface area contributed by atoms with E-state index in [0.717, 1.165) is 37.3 Å². The normalized spacial score (nSPS) is 17.2. The Morgan fingerprint density at radius 1 is 1.12 bits per heavy atom. The minimum absolute atomic E-state index is 0.0654. The molecule has 1 unspecified atom stereocenters. The van der Waals surface area contributed by atoms with Gasteiger partial charge in [-0.25, -0.2) is 14.8 Å². The summed E-state index contributed by atoms with van der Waals surface area (Å²) in [7, 11) is 0. The van der Waals surface area contributed by atoms with Crippen LogP contribution in [0.3, 0.4) is 0 Å². The predicted molar refractivity (Wildman–Crippen MR) is 97.2 cm³/mol. The van der Waals surface area contributed by atoms with E-state index in [1.807, 2.05) is 36.4 Å². The average molecular weight is 349 g/mol. The molecule has 0 amide bonds. The monoisotopic (exact) mass is 349 g/mol. The molecule has 3 aromatic rings. The van der Waals surface area contributed by atoms with Gasteiger partial charge in [-0.1, -0.05) is 36.4 Å². The van der Waals surface area contributed by atoms with Gasteiger partial charge in [-0.05, 0) is 25.0 Å². The minimum Gasteiger partial charge on any atom is -0.477 e. The molecule has 1 aliphatic rings. The molecular weight excluding hydrogens is 330 g/mol. The van der Waals surface area contributed by atoms with Gasteiger partial charge in [-0.2, -0.15) is 5.10 Å². The van der Waals surface area contributed by atoms with Crippen LogP contribution in [0.2, 0.25) is 0 Å². The number of carboxylic acid groups (broad SMARTS) is 1. The number of benzene rings is 1. The van der Waals surface area contributed by atoms with Crippen molar-refractivity contribution in [3.05, 3.63) is 60.0 Å². The van der Waals surface area contributed by atoms with E-state index in [0.29, 0.717) is 11.6 Å². The zero-order chi connectivity index (χ0) is 17.9. The number of nitrogens with zero attached hydrogens (tertiary/aromatic N) is 4. The van der Waals surface area contributed by atoms with Crippen molar-refractivity contribution in [3.63, 3.8) is 0 Å². The maximum absolute atomic E-state index is 11.2. The summed E-state index contributed by atoms with van der Waals surface area (Å²) in [5.74, 6) is 1.45. The highest BCUT2D eigenvalue weighted by Gasteiger charge is 2.25. The molecule has 0 radical (unpaired) electrons. The largest absolute Gasteiger partial charge is 0.477 e. The Morgan fingerprint density at radius 3 is 2.77 bits per heavy atom. The van der Waals surface area contributed by atoms with E-state index in [4.69, 9.17) is 5.11 Å². The fourth-order valence-corrected chi connectivity index (χ4v) is 3.30. The second-order valence-electron chi connectivity index (χ2n) is 6.38. The van der Waals surface area contributed by atoms with Crippen LogP contribution in [0, 0.1) is 0 Å². The third-order valence-electron chi connectivity index (χ3n) is 4.62. The number of carboxylic acids is 1. The van der Waals surface area contributed by atoms with Gasteiger partial charge in [-0.3, -0.25) is 5.10 Å². The SMILES string of the molecule is O=C(O)c1cccc(N2CCCC(c3nc(-c4ccccc4)n[nH]3)C2)n1. The fraction of sp³-hybridized carbons (Fsp3) is 0.263. The number of hydrogen-bond donors (Lipinski definition) is 2. The molecule has 2 aromatic heterocycles. The van der Waals surface area contributed by atoms with E-state index < -0.39 is 5.97 Å². The Hall–Kier alpha value is -3.22. The lowest BCUT2D eigenvalue weighted by molar-refractivity contribution is 0.0690. The predicted octanol–water partition coefficient (Wildman–Crippen LogP) is 2.95. The number of hydrogen-bond acceptors (Lipinski definition) is 5. The lowest BCUT2D eigenvalue weighted by Crippen LogP contribution is -2.35. The van der Waals surface area contributed by atoms with Gasteiger partial charge >= 0.3 is 5.97 Å². The number of nitrogens with one attached hydrogen (secondary N) is 1. The Labute approximate surface area is 150 Å². The molecule has 1 aliphatic heterocycles. The summed E-state index contributed by atoms with van der Waals surface area (Å²) in [4.78, 5) is 22.2. The number of aromatic carboxylic acids is 1. The van der Waals surface area contributed by atoms with Crippen LogP contribution in [0.5, 0.6) is 0 Å². The van der Waals surface area contributed by atoms with Gasteiger partial charge in [0.05, 0.1) is 0 Å². The van der Waals surface area contributed by atoms with Gasteiger partial charge in [0.15, 0.2) is 11.5 Å². The zero-order valence-electron chi connectivity index (χ0n) is 14.2. The van der Waals surface area contributed by atoms with Crippen molar-refractivity contribution in [2.24, 2.45) is 0 Å². The number of rotatable bonds is 4. The standard InChI is InChI=1S/C19H19N5O2/c25-19(26)15-9-4-10-16(20-15)24-11-5-8-14(12-24)18-21-17(22-23-18)13-6-2-1-3-7-13/h1-4,6-7,9-10,14H,5,8,11-12H2,(H,25,26)(H,21,22,23). The average Bonchev–Trinajstić information content (AvgIpc) is 3.19. The molecule has 0 bridgehead atoms. The summed E-state index contributed by atoms with van der Waals surface area (Å²) >= 11 is 0. The quantitative estimate of drug-likeness (QED) is 0.752. The van der Waals surface area contributed by atoms with Crippen molar-refractivity contribution in [1.29, 1.82) is 0 Å². The van der Waals surface area contributed by atoms with Gasteiger partial charge in [0, 0.05) is 24.6 Å². The number of pyridine rings is 1. The van der Waals surface area contributed by atoms with Crippen molar-refractivity contribution in [3.8, 4) is 11.4 Å². The van der Waals surface area contributed by atoms with Crippen molar-refractivity contribution in [2.75, 3.05) is 18.0 Å². The summed E-state index contributed by atoms with van der Waals surface area (Å²) in [6.45, 7) is 1.59. The first kappa shape index (κ1) is 16.3. The number of anilines is 1. The van der Waals surface area contributed by atoms with Crippen molar-refractivity contribution >= 4 is 11.8 Å². The van der Waals surface area contributed by atoms with Crippen LogP contribution < -0.4 is 4.90 Å². The first-order valence-corrected chi connectivity index (χ1v) is 8.64. The summed E-state index contributed by atoms with van der Waals surface area (Å²) in [6.07, 6.45) is 2.00. The van der Waals surface area contributed by atoms with Crippen LogP contribution in [0.1, 0.15) is 35.1 Å². The summed E-state index contributed by atoms with van der Waals surface area (Å²) in [5, 5.41) is 16.6. The van der Waals surface area contributed by atoms with Crippen molar-refractivity contribution in [2.45, 2.75) is 18.8 Å². The molecule has 132 valence electrons. The topological polar surface area (TPSA) is 95.0 Å². The van der Waals surface area contributed by atoms with E-state index >= 15 is 0 Å². The van der Waals surface area contributed by atoms with E-state index in [-0.39, 0.29) is 11.6 Å². The van der Waals surface area contributed by atoms with E-state index in [1.54, 1.807) is 6.07 Å². The molecule has 0 saturated carbocycles. The van der Waals surface area contributed by atoms with Crippen LogP contribution in [-0.4, -0.2) is 44.3 Å². The Bertz CT molecular complexity index is 909. The molecule has 1 saturated heterocycles. The zero-order valence-corrected chi connectivity index (χ0v) is 14.2. The fourth-order valence-electron chi connectivity index (χ4n) is 3.30. The van der Waals surface area contributed by atoms with E-state index in [9.17, 15) is 4.79 Å². The van der Waals surface area contributed by atoms with Crippen molar-refractivity contribution in [1.82, 2.24) is 20.2 Å². The minimum atomic E-state index is -1.01. The van der Waals surface area contributed by atoms with Crippen LogP contribution >= 0.6 is 0 Å². The van der Waals surface area contributed by atoms with E-state index in [1.165, 1.54) is 6.07 Å². The maximum Gasteiger partial charge on any atom is 0.354 e. The highest BCUT2D eigenvalue weighted by Crippen LogP contribution is 2.28. The van der Waals surface area contributed by atoms with Gasteiger partial charge < -0.3 is 10.0 Å². The third-order valence-corrected chi connectivity index (χ3v) is 4.62. The lowest BCUT2D eigenvalue weighted by Gasteiger charge is -2.32. The van der Waals surface area contributed by atoms with Crippen LogP contribution in [0.25, 0.3) is 11.4 Å². The molecule has 26 heavy (non-hydrogen) atoms. The molecule has 7 heteroatoms. The number of carbonyl (C=O) groups is 1. The molecule has 7 nitrogen and oxygen atoms in total. The third kappa shape index (κ3) is 3.28. The lowest BCUT2D eigenvalue weighted by atomic mass is 9.97. The highest BCUT2D eigenvalue weighted by atomic mass is 16.4. The van der Waals surface area contributed by atoms with E-state index in [2.05, 4.69) is 25.1 Å². The Morgan fingerprint density at radius 2 is 1.96 bits per heavy atom. The number of piperidine rings is 1.